The number of hydroxylamine groups is 2. The van der Waals surface area contributed by atoms with Crippen LogP contribution in [0.2, 0.25) is 0 Å². The molecule has 0 N–H and O–H groups in total. The molecule has 3 nitrogen and oxygen atoms in total. The van der Waals surface area contributed by atoms with Crippen LogP contribution in [-0.2, 0) is 4.84 Å². The molecule has 1 rings (SSSR count). The summed E-state index contributed by atoms with van der Waals surface area (Å²) in [6.07, 6.45) is 0. The first kappa shape index (κ1) is 11.0. The Morgan fingerprint density at radius 2 is 1.38 bits per heavy atom. The Kier molecular flexibility index (Phi) is 2.72. The lowest BCUT2D eigenvalue weighted by Crippen LogP contribution is -2.62. The van der Waals surface area contributed by atoms with Gasteiger partial charge in [0, 0.05) is 5.54 Å². The first-order valence-electron chi connectivity index (χ1n) is 4.88. The second kappa shape index (κ2) is 3.23. The monoisotopic (exact) mass is 186 g/mol. The van der Waals surface area contributed by atoms with Gasteiger partial charge in [0.1, 0.15) is 0 Å². The van der Waals surface area contributed by atoms with E-state index in [4.69, 9.17) is 4.84 Å². The molecule has 0 unspecified atom stereocenters. The van der Waals surface area contributed by atoms with E-state index < -0.39 is 0 Å². The van der Waals surface area contributed by atoms with Gasteiger partial charge >= 0.3 is 0 Å². The van der Waals surface area contributed by atoms with Crippen molar-refractivity contribution in [2.75, 3.05) is 13.3 Å². The van der Waals surface area contributed by atoms with E-state index in [-0.39, 0.29) is 11.1 Å². The molecule has 0 atom stereocenters. The third-order valence-corrected chi connectivity index (χ3v) is 2.01. The van der Waals surface area contributed by atoms with Crippen molar-refractivity contribution >= 4 is 0 Å². The Bertz CT molecular complexity index is 172. The van der Waals surface area contributed by atoms with Gasteiger partial charge in [0.2, 0.25) is 0 Å². The third-order valence-electron chi connectivity index (χ3n) is 2.01. The minimum Gasteiger partial charge on any atom is -0.291 e. The number of nitrogens with zero attached hydrogens (tertiary/aromatic N) is 2. The molecule has 0 aromatic heterocycles. The molecule has 0 bridgehead atoms. The normalized spacial score (nSPS) is 21.7. The molecule has 0 aromatic rings. The van der Waals surface area contributed by atoms with Crippen molar-refractivity contribution in [2.45, 2.75) is 52.7 Å². The lowest BCUT2D eigenvalue weighted by atomic mass is 10.1. The molecule has 1 fully saturated rings. The van der Waals surface area contributed by atoms with Gasteiger partial charge in [-0.3, -0.25) is 9.74 Å². The van der Waals surface area contributed by atoms with E-state index in [1.807, 2.05) is 5.06 Å². The van der Waals surface area contributed by atoms with Crippen LogP contribution < -0.4 is 0 Å². The van der Waals surface area contributed by atoms with Crippen molar-refractivity contribution in [3.05, 3.63) is 0 Å². The Hall–Kier alpha value is -0.120. The van der Waals surface area contributed by atoms with Gasteiger partial charge in [-0.05, 0) is 41.5 Å². The predicted molar refractivity (Wildman–Crippen MR) is 54.0 cm³/mol. The zero-order valence-corrected chi connectivity index (χ0v) is 9.72. The highest BCUT2D eigenvalue weighted by Gasteiger charge is 2.35. The van der Waals surface area contributed by atoms with Crippen molar-refractivity contribution in [1.82, 2.24) is 9.96 Å². The maximum atomic E-state index is 5.69. The SMILES string of the molecule is CC(C)(C)ON1CN(C(C)(C)C)C1. The van der Waals surface area contributed by atoms with E-state index in [1.165, 1.54) is 0 Å². The first-order chi connectivity index (χ1) is 5.68. The van der Waals surface area contributed by atoms with E-state index in [0.29, 0.717) is 0 Å². The number of hydrogen-bond acceptors (Lipinski definition) is 3. The standard InChI is InChI=1S/C10H22N2O/c1-9(2,3)11-7-12(8-11)13-10(4,5)6/h7-8H2,1-6H3. The average molecular weight is 186 g/mol. The summed E-state index contributed by atoms with van der Waals surface area (Å²) in [5.41, 5.74) is 0.196. The van der Waals surface area contributed by atoms with Crippen LogP contribution in [0.4, 0.5) is 0 Å². The maximum Gasteiger partial charge on any atom is 0.0817 e. The summed E-state index contributed by atoms with van der Waals surface area (Å²) in [5, 5.41) is 2.01. The molecule has 0 amide bonds. The van der Waals surface area contributed by atoms with Crippen LogP contribution in [0.15, 0.2) is 0 Å². The minimum atomic E-state index is -0.0655. The first-order valence-corrected chi connectivity index (χ1v) is 4.88. The molecule has 0 spiro atoms. The van der Waals surface area contributed by atoms with Gasteiger partial charge in [0.15, 0.2) is 0 Å². The third kappa shape index (κ3) is 3.25. The molecular weight excluding hydrogens is 164 g/mol. The average Bonchev–Trinajstić information content (AvgIpc) is 1.71. The van der Waals surface area contributed by atoms with Crippen LogP contribution in [-0.4, -0.2) is 34.4 Å². The summed E-state index contributed by atoms with van der Waals surface area (Å²) in [6, 6.07) is 0. The van der Waals surface area contributed by atoms with Gasteiger partial charge in [-0.2, -0.15) is 5.06 Å². The van der Waals surface area contributed by atoms with Crippen molar-refractivity contribution in [3.63, 3.8) is 0 Å². The van der Waals surface area contributed by atoms with Crippen LogP contribution in [0.25, 0.3) is 0 Å². The zero-order valence-electron chi connectivity index (χ0n) is 9.72. The topological polar surface area (TPSA) is 15.7 Å². The van der Waals surface area contributed by atoms with Crippen molar-refractivity contribution < 1.29 is 4.84 Å². The molecule has 0 radical (unpaired) electrons. The molecule has 3 heteroatoms. The second-order valence-electron chi connectivity index (χ2n) is 5.68. The zero-order chi connectivity index (χ0) is 10.3. The molecule has 1 aliphatic heterocycles. The Morgan fingerprint density at radius 3 is 1.69 bits per heavy atom. The van der Waals surface area contributed by atoms with Crippen LogP contribution in [0, 0.1) is 0 Å². The van der Waals surface area contributed by atoms with E-state index in [1.54, 1.807) is 0 Å². The number of rotatable bonds is 1. The molecule has 0 aromatic carbocycles. The summed E-state index contributed by atoms with van der Waals surface area (Å²) < 4.78 is 0. The Balaban J connectivity index is 2.27. The van der Waals surface area contributed by atoms with Gasteiger partial charge in [-0.1, -0.05) is 0 Å². The largest absolute Gasteiger partial charge is 0.291 e. The van der Waals surface area contributed by atoms with Gasteiger partial charge < -0.3 is 0 Å². The fraction of sp³-hybridized carbons (Fsp3) is 1.00. The van der Waals surface area contributed by atoms with Crippen LogP contribution in [0.5, 0.6) is 0 Å². The number of hydrogen-bond donors (Lipinski definition) is 0. The molecule has 13 heavy (non-hydrogen) atoms. The summed E-state index contributed by atoms with van der Waals surface area (Å²) in [5.74, 6) is 0. The van der Waals surface area contributed by atoms with Gasteiger partial charge in [-0.25, -0.2) is 0 Å². The summed E-state index contributed by atoms with van der Waals surface area (Å²) in [7, 11) is 0. The quantitative estimate of drug-likeness (QED) is 0.623. The summed E-state index contributed by atoms with van der Waals surface area (Å²) in [4.78, 5) is 8.06. The van der Waals surface area contributed by atoms with Crippen molar-refractivity contribution in [1.29, 1.82) is 0 Å². The summed E-state index contributed by atoms with van der Waals surface area (Å²) in [6.45, 7) is 14.7. The maximum absolute atomic E-state index is 5.69. The van der Waals surface area contributed by atoms with E-state index in [0.717, 1.165) is 13.3 Å². The Labute approximate surface area is 81.6 Å². The lowest BCUT2D eigenvalue weighted by Gasteiger charge is -2.50. The van der Waals surface area contributed by atoms with Gasteiger partial charge in [0.25, 0.3) is 0 Å². The summed E-state index contributed by atoms with van der Waals surface area (Å²) >= 11 is 0. The molecule has 1 aliphatic rings. The smallest absolute Gasteiger partial charge is 0.0817 e. The second-order valence-corrected chi connectivity index (χ2v) is 5.68. The lowest BCUT2D eigenvalue weighted by molar-refractivity contribution is -0.325. The molecule has 1 heterocycles. The fourth-order valence-corrected chi connectivity index (χ4v) is 1.21. The van der Waals surface area contributed by atoms with E-state index in [2.05, 4.69) is 46.4 Å². The molecule has 78 valence electrons. The van der Waals surface area contributed by atoms with Gasteiger partial charge in [-0.15, -0.1) is 0 Å². The fourth-order valence-electron chi connectivity index (χ4n) is 1.21. The highest BCUT2D eigenvalue weighted by Crippen LogP contribution is 2.24. The van der Waals surface area contributed by atoms with Crippen molar-refractivity contribution in [3.8, 4) is 0 Å². The van der Waals surface area contributed by atoms with E-state index in [9.17, 15) is 0 Å². The van der Waals surface area contributed by atoms with Crippen LogP contribution >= 0.6 is 0 Å². The van der Waals surface area contributed by atoms with Crippen LogP contribution in [0.1, 0.15) is 41.5 Å². The highest BCUT2D eigenvalue weighted by atomic mass is 16.7. The van der Waals surface area contributed by atoms with Gasteiger partial charge in [0.05, 0.1) is 18.9 Å². The molecular formula is C10H22N2O. The molecule has 0 saturated carbocycles. The highest BCUT2D eigenvalue weighted by molar-refractivity contribution is 4.79. The Morgan fingerprint density at radius 1 is 0.923 bits per heavy atom. The van der Waals surface area contributed by atoms with E-state index >= 15 is 0 Å². The predicted octanol–water partition coefficient (Wildman–Crippen LogP) is 2.05. The van der Waals surface area contributed by atoms with Crippen molar-refractivity contribution in [2.24, 2.45) is 0 Å². The van der Waals surface area contributed by atoms with Crippen LogP contribution in [0.3, 0.4) is 0 Å². The molecule has 1 saturated heterocycles. The molecule has 0 aliphatic carbocycles. The minimum absolute atomic E-state index is 0.0655.